The van der Waals surface area contributed by atoms with Gasteiger partial charge in [-0.2, -0.15) is 13.2 Å². The van der Waals surface area contributed by atoms with Crippen LogP contribution >= 0.6 is 0 Å². The van der Waals surface area contributed by atoms with Gasteiger partial charge in [0.25, 0.3) is 0 Å². The molecule has 1 aliphatic carbocycles. The van der Waals surface area contributed by atoms with Crippen LogP contribution in [0.1, 0.15) is 39.0 Å². The highest BCUT2D eigenvalue weighted by Crippen LogP contribution is 2.38. The van der Waals surface area contributed by atoms with E-state index in [2.05, 4.69) is 15.3 Å². The predicted octanol–water partition coefficient (Wildman–Crippen LogP) is 3.38. The van der Waals surface area contributed by atoms with Crippen molar-refractivity contribution in [2.45, 2.75) is 13.1 Å². The first-order chi connectivity index (χ1) is 15.6. The Labute approximate surface area is 183 Å². The smallest absolute Gasteiger partial charge is 0.326 e. The second-order valence-electron chi connectivity index (χ2n) is 7.00. The van der Waals surface area contributed by atoms with E-state index in [1.165, 1.54) is 55.7 Å². The van der Waals surface area contributed by atoms with Crippen molar-refractivity contribution < 1.29 is 32.3 Å². The lowest BCUT2D eigenvalue weighted by atomic mass is 9.84. The lowest BCUT2D eigenvalue weighted by Crippen LogP contribution is -2.30. The second-order valence-corrected chi connectivity index (χ2v) is 7.00. The van der Waals surface area contributed by atoms with Crippen molar-refractivity contribution in [2.75, 3.05) is 10.6 Å². The number of ketones is 2. The lowest BCUT2D eigenvalue weighted by Gasteiger charge is -2.22. The largest absolute Gasteiger partial charge is 0.471 e. The first-order valence-electron chi connectivity index (χ1n) is 9.42. The number of carbonyl (C=O) groups is 4. The van der Waals surface area contributed by atoms with Gasteiger partial charge in [0.2, 0.25) is 11.7 Å². The van der Waals surface area contributed by atoms with Gasteiger partial charge >= 0.3 is 12.1 Å². The highest BCUT2D eigenvalue weighted by Gasteiger charge is 2.40. The van der Waals surface area contributed by atoms with Gasteiger partial charge in [-0.15, -0.1) is 0 Å². The standard InChI is InChI=1S/C22H13F3N4O4/c1-10(30)28-14-7-9-27-18-16(14)19(31)15-12(6-8-26-17(15)20(18)32)11-4-2-3-5-13(11)29-21(33)22(23,24)25/h2-9H,1H3,(H,29,33)(H,27,28,30). The van der Waals surface area contributed by atoms with Crippen molar-refractivity contribution in [3.63, 3.8) is 0 Å². The highest BCUT2D eigenvalue weighted by molar-refractivity contribution is 6.31. The van der Waals surface area contributed by atoms with E-state index in [0.717, 1.165) is 0 Å². The van der Waals surface area contributed by atoms with Gasteiger partial charge in [0.1, 0.15) is 11.4 Å². The molecule has 0 fully saturated rings. The summed E-state index contributed by atoms with van der Waals surface area (Å²) >= 11 is 0. The summed E-state index contributed by atoms with van der Waals surface area (Å²) in [5, 5.41) is 4.26. The molecule has 166 valence electrons. The molecule has 2 N–H and O–H groups in total. The minimum absolute atomic E-state index is 0.0602. The molecule has 33 heavy (non-hydrogen) atoms. The topological polar surface area (TPSA) is 118 Å². The number of alkyl halides is 3. The summed E-state index contributed by atoms with van der Waals surface area (Å²) in [6, 6.07) is 8.24. The van der Waals surface area contributed by atoms with Gasteiger partial charge in [-0.1, -0.05) is 18.2 Å². The summed E-state index contributed by atoms with van der Waals surface area (Å²) in [6.45, 7) is 1.22. The van der Waals surface area contributed by atoms with Gasteiger partial charge < -0.3 is 10.6 Å². The molecule has 0 atom stereocenters. The number of hydrogen-bond donors (Lipinski definition) is 2. The quantitative estimate of drug-likeness (QED) is 0.490. The van der Waals surface area contributed by atoms with Crippen LogP contribution in [0.25, 0.3) is 11.1 Å². The maximum atomic E-state index is 13.5. The summed E-state index contributed by atoms with van der Waals surface area (Å²) in [5.74, 6) is -4.06. The molecule has 1 aliphatic rings. The molecular formula is C22H13F3N4O4. The third-order valence-corrected chi connectivity index (χ3v) is 4.82. The molecule has 0 radical (unpaired) electrons. The average Bonchev–Trinajstić information content (AvgIpc) is 2.76. The van der Waals surface area contributed by atoms with Crippen LogP contribution in [0.4, 0.5) is 24.5 Å². The van der Waals surface area contributed by atoms with Crippen molar-refractivity contribution in [3.8, 4) is 11.1 Å². The van der Waals surface area contributed by atoms with Gasteiger partial charge in [-0.05, 0) is 23.8 Å². The molecular weight excluding hydrogens is 441 g/mol. The van der Waals surface area contributed by atoms with Crippen LogP contribution in [0.15, 0.2) is 48.8 Å². The summed E-state index contributed by atoms with van der Waals surface area (Å²) < 4.78 is 38.4. The number of fused-ring (bicyclic) bond motifs is 2. The van der Waals surface area contributed by atoms with E-state index >= 15 is 0 Å². The van der Waals surface area contributed by atoms with Crippen molar-refractivity contribution >= 4 is 34.8 Å². The number of para-hydroxylation sites is 1. The number of nitrogens with zero attached hydrogens (tertiary/aromatic N) is 2. The van der Waals surface area contributed by atoms with E-state index in [4.69, 9.17) is 0 Å². The SMILES string of the molecule is CC(=O)Nc1ccnc2c1C(=O)c1c(-c3ccccc3NC(=O)C(F)(F)F)ccnc1C2=O. The number of nitrogens with one attached hydrogen (secondary N) is 2. The normalized spacial score (nSPS) is 12.6. The molecule has 1 aromatic carbocycles. The highest BCUT2D eigenvalue weighted by atomic mass is 19.4. The molecule has 0 saturated heterocycles. The van der Waals surface area contributed by atoms with Crippen molar-refractivity contribution in [2.24, 2.45) is 0 Å². The Morgan fingerprint density at radius 1 is 0.788 bits per heavy atom. The number of rotatable bonds is 3. The Kier molecular flexibility index (Phi) is 5.24. The van der Waals surface area contributed by atoms with E-state index in [1.807, 2.05) is 0 Å². The molecule has 8 nitrogen and oxygen atoms in total. The Hall–Kier alpha value is -4.41. The third kappa shape index (κ3) is 3.84. The Morgan fingerprint density at radius 3 is 2.09 bits per heavy atom. The molecule has 2 aromatic heterocycles. The van der Waals surface area contributed by atoms with Crippen molar-refractivity contribution in [3.05, 3.63) is 71.3 Å². The van der Waals surface area contributed by atoms with E-state index in [-0.39, 0.29) is 45.0 Å². The Balaban J connectivity index is 1.91. The van der Waals surface area contributed by atoms with Crippen LogP contribution in [0.5, 0.6) is 0 Å². The maximum Gasteiger partial charge on any atom is 0.471 e. The summed E-state index contributed by atoms with van der Waals surface area (Å²) in [4.78, 5) is 57.6. The molecule has 11 heteroatoms. The number of anilines is 2. The molecule has 0 aliphatic heterocycles. The van der Waals surface area contributed by atoms with Crippen LogP contribution in [0.3, 0.4) is 0 Å². The van der Waals surface area contributed by atoms with Crippen molar-refractivity contribution in [1.29, 1.82) is 0 Å². The predicted molar refractivity (Wildman–Crippen MR) is 110 cm³/mol. The van der Waals surface area contributed by atoms with Gasteiger partial charge in [0.05, 0.1) is 16.8 Å². The van der Waals surface area contributed by atoms with Crippen LogP contribution < -0.4 is 10.6 Å². The third-order valence-electron chi connectivity index (χ3n) is 4.82. The maximum absolute atomic E-state index is 13.5. The number of aromatic nitrogens is 2. The molecule has 2 amide bonds. The first-order valence-corrected chi connectivity index (χ1v) is 9.42. The lowest BCUT2D eigenvalue weighted by molar-refractivity contribution is -0.167. The summed E-state index contributed by atoms with van der Waals surface area (Å²) in [7, 11) is 0. The van der Waals surface area contributed by atoms with Crippen LogP contribution in [0, 0.1) is 0 Å². The van der Waals surface area contributed by atoms with Crippen LogP contribution in [-0.4, -0.2) is 39.5 Å². The van der Waals surface area contributed by atoms with Crippen molar-refractivity contribution in [1.82, 2.24) is 9.97 Å². The first kappa shape index (κ1) is 21.8. The Morgan fingerprint density at radius 2 is 1.42 bits per heavy atom. The number of hydrogen-bond acceptors (Lipinski definition) is 6. The van der Waals surface area contributed by atoms with Crippen LogP contribution in [-0.2, 0) is 9.59 Å². The molecule has 0 unspecified atom stereocenters. The average molecular weight is 454 g/mol. The molecule has 0 bridgehead atoms. The Bertz CT molecular complexity index is 1350. The monoisotopic (exact) mass is 454 g/mol. The zero-order valence-corrected chi connectivity index (χ0v) is 16.8. The molecule has 0 saturated carbocycles. The number of carbonyl (C=O) groups excluding carboxylic acids is 4. The fraction of sp³-hybridized carbons (Fsp3) is 0.0909. The zero-order valence-electron chi connectivity index (χ0n) is 16.8. The summed E-state index contributed by atoms with van der Waals surface area (Å²) in [6.07, 6.45) is -2.65. The van der Waals surface area contributed by atoms with E-state index in [1.54, 1.807) is 5.32 Å². The zero-order chi connectivity index (χ0) is 23.9. The van der Waals surface area contributed by atoms with E-state index < -0.39 is 29.6 Å². The van der Waals surface area contributed by atoms with E-state index in [9.17, 15) is 32.3 Å². The van der Waals surface area contributed by atoms with Gasteiger partial charge in [-0.3, -0.25) is 29.1 Å². The molecule has 0 spiro atoms. The van der Waals surface area contributed by atoms with Gasteiger partial charge in [0, 0.05) is 30.6 Å². The number of amides is 2. The minimum atomic E-state index is -5.13. The van der Waals surface area contributed by atoms with Gasteiger partial charge in [0.15, 0.2) is 5.78 Å². The molecule has 3 aromatic rings. The second kappa shape index (κ2) is 7.93. The fourth-order valence-electron chi connectivity index (χ4n) is 3.50. The van der Waals surface area contributed by atoms with Gasteiger partial charge in [-0.25, -0.2) is 0 Å². The minimum Gasteiger partial charge on any atom is -0.326 e. The summed E-state index contributed by atoms with van der Waals surface area (Å²) in [5.41, 5.74) is -0.781. The number of pyridine rings is 2. The molecule has 4 rings (SSSR count). The molecule has 2 heterocycles. The number of halogens is 3. The van der Waals surface area contributed by atoms with E-state index in [0.29, 0.717) is 0 Å². The van der Waals surface area contributed by atoms with Crippen LogP contribution in [0.2, 0.25) is 0 Å². The fourth-order valence-corrected chi connectivity index (χ4v) is 3.50. The number of benzene rings is 1.